The van der Waals surface area contributed by atoms with Gasteiger partial charge in [-0.1, -0.05) is 30.3 Å². The van der Waals surface area contributed by atoms with Crippen molar-refractivity contribution in [1.82, 2.24) is 5.32 Å². The molecular weight excluding hydrogens is 198 g/mol. The first-order valence-electron chi connectivity index (χ1n) is 4.73. The molecule has 0 saturated carbocycles. The van der Waals surface area contributed by atoms with Crippen molar-refractivity contribution in [2.24, 2.45) is 0 Å². The molecule has 78 valence electrons. The lowest BCUT2D eigenvalue weighted by molar-refractivity contribution is 0.0920. The van der Waals surface area contributed by atoms with Crippen LogP contribution in [0, 0.1) is 0 Å². The molecule has 0 aromatic heterocycles. The second kappa shape index (κ2) is 5.35. The third-order valence-corrected chi connectivity index (χ3v) is 2.63. The minimum atomic E-state index is 0. The SMILES string of the molecule is CO[C@@H]1CCN[C@@H]1c1ccccc1.Cl. The predicted octanol–water partition coefficient (Wildman–Crippen LogP) is 2.16. The molecular formula is C11H16ClNO. The Kier molecular flexibility index (Phi) is 4.39. The highest BCUT2D eigenvalue weighted by atomic mass is 35.5. The molecule has 0 radical (unpaired) electrons. The number of hydrogen-bond acceptors (Lipinski definition) is 2. The van der Waals surface area contributed by atoms with E-state index in [1.807, 2.05) is 6.07 Å². The van der Waals surface area contributed by atoms with Crippen LogP contribution in [-0.2, 0) is 4.74 Å². The maximum atomic E-state index is 5.42. The number of hydrogen-bond donors (Lipinski definition) is 1. The molecule has 1 aromatic rings. The molecule has 2 nitrogen and oxygen atoms in total. The Morgan fingerprint density at radius 1 is 1.29 bits per heavy atom. The fraction of sp³-hybridized carbons (Fsp3) is 0.455. The van der Waals surface area contributed by atoms with E-state index in [1.54, 1.807) is 7.11 Å². The van der Waals surface area contributed by atoms with Crippen molar-refractivity contribution in [3.63, 3.8) is 0 Å². The first kappa shape index (κ1) is 11.5. The zero-order valence-electron chi connectivity index (χ0n) is 8.27. The van der Waals surface area contributed by atoms with Gasteiger partial charge in [-0.05, 0) is 18.5 Å². The molecule has 2 atom stereocenters. The molecule has 1 N–H and O–H groups in total. The van der Waals surface area contributed by atoms with Crippen LogP contribution in [0.3, 0.4) is 0 Å². The van der Waals surface area contributed by atoms with Crippen molar-refractivity contribution in [2.45, 2.75) is 18.6 Å². The van der Waals surface area contributed by atoms with E-state index in [0.29, 0.717) is 12.1 Å². The van der Waals surface area contributed by atoms with Gasteiger partial charge in [0.1, 0.15) is 0 Å². The summed E-state index contributed by atoms with van der Waals surface area (Å²) in [6.07, 6.45) is 1.44. The number of nitrogens with one attached hydrogen (secondary N) is 1. The molecule has 0 aliphatic carbocycles. The van der Waals surface area contributed by atoms with Gasteiger partial charge < -0.3 is 10.1 Å². The van der Waals surface area contributed by atoms with Gasteiger partial charge in [0.2, 0.25) is 0 Å². The van der Waals surface area contributed by atoms with Crippen LogP contribution < -0.4 is 5.32 Å². The number of rotatable bonds is 2. The van der Waals surface area contributed by atoms with Gasteiger partial charge in [-0.2, -0.15) is 0 Å². The Hall–Kier alpha value is -0.570. The Bertz CT molecular complexity index is 265. The Balaban J connectivity index is 0.000000980. The molecule has 0 unspecified atom stereocenters. The topological polar surface area (TPSA) is 21.3 Å². The van der Waals surface area contributed by atoms with E-state index in [-0.39, 0.29) is 12.4 Å². The lowest BCUT2D eigenvalue weighted by Crippen LogP contribution is -2.22. The van der Waals surface area contributed by atoms with Crippen molar-refractivity contribution in [3.8, 4) is 0 Å². The Morgan fingerprint density at radius 3 is 2.64 bits per heavy atom. The number of methoxy groups -OCH3 is 1. The fourth-order valence-corrected chi connectivity index (χ4v) is 1.93. The van der Waals surface area contributed by atoms with Crippen LogP contribution in [0.25, 0.3) is 0 Å². The van der Waals surface area contributed by atoms with Crippen LogP contribution in [0.15, 0.2) is 30.3 Å². The van der Waals surface area contributed by atoms with E-state index in [0.717, 1.165) is 13.0 Å². The van der Waals surface area contributed by atoms with E-state index >= 15 is 0 Å². The number of halogens is 1. The molecule has 2 rings (SSSR count). The predicted molar refractivity (Wildman–Crippen MR) is 59.8 cm³/mol. The van der Waals surface area contributed by atoms with E-state index in [4.69, 9.17) is 4.74 Å². The summed E-state index contributed by atoms with van der Waals surface area (Å²) in [5.41, 5.74) is 1.33. The minimum Gasteiger partial charge on any atom is -0.379 e. The molecule has 1 fully saturated rings. The molecule has 1 aromatic carbocycles. The van der Waals surface area contributed by atoms with Gasteiger partial charge in [0.25, 0.3) is 0 Å². The fourth-order valence-electron chi connectivity index (χ4n) is 1.93. The summed E-state index contributed by atoms with van der Waals surface area (Å²) in [4.78, 5) is 0. The van der Waals surface area contributed by atoms with Gasteiger partial charge in [0.05, 0.1) is 12.1 Å². The molecule has 1 heterocycles. The second-order valence-corrected chi connectivity index (χ2v) is 3.41. The number of ether oxygens (including phenoxy) is 1. The molecule has 1 aliphatic heterocycles. The van der Waals surface area contributed by atoms with Crippen molar-refractivity contribution in [2.75, 3.05) is 13.7 Å². The maximum Gasteiger partial charge on any atom is 0.0778 e. The van der Waals surface area contributed by atoms with E-state index in [2.05, 4.69) is 29.6 Å². The van der Waals surface area contributed by atoms with Crippen molar-refractivity contribution >= 4 is 12.4 Å². The van der Waals surface area contributed by atoms with Gasteiger partial charge in [0, 0.05) is 7.11 Å². The highest BCUT2D eigenvalue weighted by Crippen LogP contribution is 2.25. The van der Waals surface area contributed by atoms with Crippen LogP contribution in [0.5, 0.6) is 0 Å². The molecule has 14 heavy (non-hydrogen) atoms. The quantitative estimate of drug-likeness (QED) is 0.813. The third-order valence-electron chi connectivity index (χ3n) is 2.63. The highest BCUT2D eigenvalue weighted by Gasteiger charge is 2.27. The minimum absolute atomic E-state index is 0. The summed E-state index contributed by atoms with van der Waals surface area (Å²) in [6.45, 7) is 1.05. The molecule has 0 amide bonds. The van der Waals surface area contributed by atoms with E-state index in [1.165, 1.54) is 5.56 Å². The van der Waals surface area contributed by atoms with Gasteiger partial charge >= 0.3 is 0 Å². The summed E-state index contributed by atoms with van der Waals surface area (Å²) in [7, 11) is 1.79. The Morgan fingerprint density at radius 2 is 2.00 bits per heavy atom. The van der Waals surface area contributed by atoms with Crippen LogP contribution >= 0.6 is 12.4 Å². The number of benzene rings is 1. The summed E-state index contributed by atoms with van der Waals surface area (Å²) in [6, 6.07) is 10.9. The summed E-state index contributed by atoms with van der Waals surface area (Å²) in [5, 5.41) is 3.45. The Labute approximate surface area is 91.1 Å². The lowest BCUT2D eigenvalue weighted by Gasteiger charge is -2.18. The smallest absolute Gasteiger partial charge is 0.0778 e. The maximum absolute atomic E-state index is 5.42. The van der Waals surface area contributed by atoms with Crippen LogP contribution in [-0.4, -0.2) is 19.8 Å². The van der Waals surface area contributed by atoms with Crippen LogP contribution in [0.4, 0.5) is 0 Å². The lowest BCUT2D eigenvalue weighted by atomic mass is 10.0. The largest absolute Gasteiger partial charge is 0.379 e. The average molecular weight is 214 g/mol. The van der Waals surface area contributed by atoms with Gasteiger partial charge in [-0.25, -0.2) is 0 Å². The summed E-state index contributed by atoms with van der Waals surface area (Å²) < 4.78 is 5.42. The zero-order chi connectivity index (χ0) is 9.10. The summed E-state index contributed by atoms with van der Waals surface area (Å²) in [5.74, 6) is 0. The molecule has 0 bridgehead atoms. The second-order valence-electron chi connectivity index (χ2n) is 3.41. The normalized spacial score (nSPS) is 25.8. The highest BCUT2D eigenvalue weighted by molar-refractivity contribution is 5.85. The first-order valence-corrected chi connectivity index (χ1v) is 4.73. The molecule has 1 saturated heterocycles. The van der Waals surface area contributed by atoms with Crippen LogP contribution in [0.1, 0.15) is 18.0 Å². The molecule has 1 aliphatic rings. The zero-order valence-corrected chi connectivity index (χ0v) is 9.09. The third kappa shape index (κ3) is 2.27. The molecule has 0 spiro atoms. The van der Waals surface area contributed by atoms with E-state index in [9.17, 15) is 0 Å². The van der Waals surface area contributed by atoms with Gasteiger partial charge in [0.15, 0.2) is 0 Å². The summed E-state index contributed by atoms with van der Waals surface area (Å²) >= 11 is 0. The average Bonchev–Trinajstić information content (AvgIpc) is 2.67. The van der Waals surface area contributed by atoms with Crippen LogP contribution in [0.2, 0.25) is 0 Å². The van der Waals surface area contributed by atoms with Gasteiger partial charge in [-0.3, -0.25) is 0 Å². The first-order chi connectivity index (χ1) is 6.42. The standard InChI is InChI=1S/C11H15NO.ClH/c1-13-10-7-8-12-11(10)9-5-3-2-4-6-9;/h2-6,10-12H,7-8H2,1H3;1H/t10-,11-;/m1./s1. The monoisotopic (exact) mass is 213 g/mol. The van der Waals surface area contributed by atoms with Crippen molar-refractivity contribution in [3.05, 3.63) is 35.9 Å². The van der Waals surface area contributed by atoms with Gasteiger partial charge in [-0.15, -0.1) is 12.4 Å². The van der Waals surface area contributed by atoms with Crippen molar-refractivity contribution < 1.29 is 4.74 Å². The molecule has 3 heteroatoms. The van der Waals surface area contributed by atoms with Crippen molar-refractivity contribution in [1.29, 1.82) is 0 Å². The van der Waals surface area contributed by atoms with E-state index < -0.39 is 0 Å².